The van der Waals surface area contributed by atoms with Gasteiger partial charge in [0.05, 0.1) is 23.1 Å². The second-order valence-corrected chi connectivity index (χ2v) is 7.13. The van der Waals surface area contributed by atoms with Crippen LogP contribution in [0.1, 0.15) is 22.4 Å². The summed E-state index contributed by atoms with van der Waals surface area (Å²) in [6.45, 7) is 4.82. The van der Waals surface area contributed by atoms with E-state index >= 15 is 0 Å². The number of hydrogen-bond donors (Lipinski definition) is 2. The van der Waals surface area contributed by atoms with Crippen LogP contribution in [0.4, 0.5) is 5.69 Å². The van der Waals surface area contributed by atoms with Crippen molar-refractivity contribution in [1.82, 2.24) is 15.2 Å². The minimum absolute atomic E-state index is 0.149. The highest BCUT2D eigenvalue weighted by molar-refractivity contribution is 7.19. The fraction of sp³-hybridized carbons (Fsp3) is 0.357. The fourth-order valence-corrected chi connectivity index (χ4v) is 4.10. The molecule has 5 nitrogen and oxygen atoms in total. The third kappa shape index (κ3) is 3.04. The molecule has 7 heteroatoms. The molecule has 0 aromatic carbocycles. The molecule has 3 rings (SSSR count). The van der Waals surface area contributed by atoms with Crippen molar-refractivity contribution in [2.45, 2.75) is 32.9 Å². The lowest BCUT2D eigenvalue weighted by Crippen LogP contribution is -2.17. The first-order valence-corrected chi connectivity index (χ1v) is 8.46. The standard InChI is InChI=1S/C14H17N5S2/c1-8(15)5-11-9(2)13-14(21-11)10(6-18-19-13)17-7-12-16-3-4-20-12/h3-4,6,8H,5,7,15H2,1-2H3,(H,17,19)/t8-/m0/s1. The molecule has 0 aliphatic heterocycles. The maximum atomic E-state index is 5.92. The molecule has 0 amide bonds. The average molecular weight is 319 g/mol. The van der Waals surface area contributed by atoms with Crippen molar-refractivity contribution in [2.24, 2.45) is 5.73 Å². The first-order valence-electron chi connectivity index (χ1n) is 6.76. The summed E-state index contributed by atoms with van der Waals surface area (Å²) in [4.78, 5) is 5.57. The predicted molar refractivity (Wildman–Crippen MR) is 88.9 cm³/mol. The Hall–Kier alpha value is -1.57. The van der Waals surface area contributed by atoms with Crippen LogP contribution in [0.15, 0.2) is 17.8 Å². The molecular formula is C14H17N5S2. The number of thiophene rings is 1. The van der Waals surface area contributed by atoms with Gasteiger partial charge in [-0.2, -0.15) is 5.10 Å². The van der Waals surface area contributed by atoms with Gasteiger partial charge in [0.1, 0.15) is 10.5 Å². The number of nitrogens with two attached hydrogens (primary N) is 1. The van der Waals surface area contributed by atoms with Gasteiger partial charge in [-0.25, -0.2) is 4.98 Å². The van der Waals surface area contributed by atoms with E-state index in [0.717, 1.165) is 27.3 Å². The molecule has 0 spiro atoms. The van der Waals surface area contributed by atoms with Crippen molar-refractivity contribution < 1.29 is 0 Å². The molecule has 21 heavy (non-hydrogen) atoms. The van der Waals surface area contributed by atoms with E-state index in [1.807, 2.05) is 18.5 Å². The highest BCUT2D eigenvalue weighted by atomic mass is 32.1. The lowest BCUT2D eigenvalue weighted by Gasteiger charge is -2.04. The van der Waals surface area contributed by atoms with E-state index in [1.165, 1.54) is 10.4 Å². The summed E-state index contributed by atoms with van der Waals surface area (Å²) in [6, 6.07) is 0.149. The highest BCUT2D eigenvalue weighted by Gasteiger charge is 2.14. The third-order valence-electron chi connectivity index (χ3n) is 3.22. The van der Waals surface area contributed by atoms with E-state index in [9.17, 15) is 0 Å². The van der Waals surface area contributed by atoms with Gasteiger partial charge in [-0.05, 0) is 25.8 Å². The molecule has 110 valence electrons. The molecule has 0 saturated carbocycles. The summed E-state index contributed by atoms with van der Waals surface area (Å²) in [5.74, 6) is 0. The van der Waals surface area contributed by atoms with E-state index in [2.05, 4.69) is 27.4 Å². The third-order valence-corrected chi connectivity index (χ3v) is 5.34. The number of aryl methyl sites for hydroxylation is 1. The fourth-order valence-electron chi connectivity index (χ4n) is 2.18. The van der Waals surface area contributed by atoms with Crippen LogP contribution in [0, 0.1) is 6.92 Å². The van der Waals surface area contributed by atoms with Crippen LogP contribution in [0.3, 0.4) is 0 Å². The zero-order chi connectivity index (χ0) is 14.8. The normalized spacial score (nSPS) is 12.7. The van der Waals surface area contributed by atoms with Crippen LogP contribution in [0.2, 0.25) is 0 Å². The maximum Gasteiger partial charge on any atom is 0.112 e. The van der Waals surface area contributed by atoms with Crippen LogP contribution in [0.5, 0.6) is 0 Å². The van der Waals surface area contributed by atoms with Crippen molar-refractivity contribution in [3.8, 4) is 0 Å². The summed E-state index contributed by atoms with van der Waals surface area (Å²) >= 11 is 3.40. The molecule has 3 heterocycles. The van der Waals surface area contributed by atoms with E-state index in [0.29, 0.717) is 6.54 Å². The second kappa shape index (κ2) is 6.05. The largest absolute Gasteiger partial charge is 0.376 e. The molecular weight excluding hydrogens is 302 g/mol. The summed E-state index contributed by atoms with van der Waals surface area (Å²) in [6.07, 6.45) is 4.47. The van der Waals surface area contributed by atoms with Gasteiger partial charge in [0.2, 0.25) is 0 Å². The van der Waals surface area contributed by atoms with Crippen molar-refractivity contribution in [1.29, 1.82) is 0 Å². The number of anilines is 1. The van der Waals surface area contributed by atoms with Gasteiger partial charge in [-0.3, -0.25) is 0 Å². The minimum atomic E-state index is 0.149. The van der Waals surface area contributed by atoms with Gasteiger partial charge in [0.25, 0.3) is 0 Å². The molecule has 0 aliphatic carbocycles. The Morgan fingerprint density at radius 3 is 3.00 bits per heavy atom. The van der Waals surface area contributed by atoms with Crippen molar-refractivity contribution in [2.75, 3.05) is 5.32 Å². The Morgan fingerprint density at radius 1 is 1.43 bits per heavy atom. The van der Waals surface area contributed by atoms with Crippen molar-refractivity contribution in [3.05, 3.63) is 33.2 Å². The Morgan fingerprint density at radius 2 is 2.29 bits per heavy atom. The molecule has 0 radical (unpaired) electrons. The monoisotopic (exact) mass is 319 g/mol. The Kier molecular flexibility index (Phi) is 4.14. The molecule has 0 unspecified atom stereocenters. The summed E-state index contributed by atoms with van der Waals surface area (Å²) in [5.41, 5.74) is 9.10. The van der Waals surface area contributed by atoms with Crippen molar-refractivity contribution >= 4 is 38.6 Å². The zero-order valence-electron chi connectivity index (χ0n) is 12.0. The molecule has 0 bridgehead atoms. The van der Waals surface area contributed by atoms with Crippen LogP contribution >= 0.6 is 22.7 Å². The number of nitrogens with one attached hydrogen (secondary N) is 1. The first-order chi connectivity index (χ1) is 10.1. The second-order valence-electron chi connectivity index (χ2n) is 5.05. The van der Waals surface area contributed by atoms with E-state index < -0.39 is 0 Å². The summed E-state index contributed by atoms with van der Waals surface area (Å²) in [5, 5.41) is 14.8. The van der Waals surface area contributed by atoms with E-state index in [-0.39, 0.29) is 6.04 Å². The molecule has 3 aromatic rings. The average Bonchev–Trinajstić information content (AvgIpc) is 3.06. The SMILES string of the molecule is Cc1c(C[C@H](C)N)sc2c(NCc3nccs3)cnnc12. The van der Waals surface area contributed by atoms with Gasteiger partial charge in [0, 0.05) is 22.5 Å². The van der Waals surface area contributed by atoms with Gasteiger partial charge >= 0.3 is 0 Å². The molecule has 1 atom stereocenters. The molecule has 0 saturated heterocycles. The van der Waals surface area contributed by atoms with Gasteiger partial charge in [-0.1, -0.05) is 0 Å². The van der Waals surface area contributed by atoms with Gasteiger partial charge < -0.3 is 11.1 Å². The Balaban J connectivity index is 1.91. The zero-order valence-corrected chi connectivity index (χ0v) is 13.6. The van der Waals surface area contributed by atoms with Gasteiger partial charge in [0.15, 0.2) is 0 Å². The molecule has 3 aromatic heterocycles. The van der Waals surface area contributed by atoms with E-state index in [1.54, 1.807) is 28.9 Å². The van der Waals surface area contributed by atoms with Gasteiger partial charge in [-0.15, -0.1) is 27.8 Å². The van der Waals surface area contributed by atoms with Crippen LogP contribution in [0.25, 0.3) is 10.2 Å². The lowest BCUT2D eigenvalue weighted by atomic mass is 10.1. The minimum Gasteiger partial charge on any atom is -0.376 e. The first kappa shape index (κ1) is 14.4. The highest BCUT2D eigenvalue weighted by Crippen LogP contribution is 2.34. The van der Waals surface area contributed by atoms with Crippen LogP contribution in [-0.4, -0.2) is 21.2 Å². The Bertz CT molecular complexity index is 733. The quantitative estimate of drug-likeness (QED) is 0.756. The number of nitrogens with zero attached hydrogens (tertiary/aromatic N) is 3. The molecule has 0 aliphatic rings. The van der Waals surface area contributed by atoms with Crippen LogP contribution < -0.4 is 11.1 Å². The van der Waals surface area contributed by atoms with Crippen LogP contribution in [-0.2, 0) is 13.0 Å². The molecule has 0 fully saturated rings. The smallest absolute Gasteiger partial charge is 0.112 e. The Labute approximate surface area is 131 Å². The summed E-state index contributed by atoms with van der Waals surface area (Å²) in [7, 11) is 0. The van der Waals surface area contributed by atoms with Crippen molar-refractivity contribution in [3.63, 3.8) is 0 Å². The molecule has 3 N–H and O–H groups in total. The topological polar surface area (TPSA) is 76.7 Å². The number of rotatable bonds is 5. The lowest BCUT2D eigenvalue weighted by molar-refractivity contribution is 0.744. The maximum absolute atomic E-state index is 5.92. The number of thiazole rings is 1. The summed E-state index contributed by atoms with van der Waals surface area (Å²) < 4.78 is 1.15. The predicted octanol–water partition coefficient (Wildman–Crippen LogP) is 2.96. The number of fused-ring (bicyclic) bond motifs is 1. The number of aromatic nitrogens is 3. The number of hydrogen-bond acceptors (Lipinski definition) is 7. The van der Waals surface area contributed by atoms with E-state index in [4.69, 9.17) is 5.73 Å².